The molecule has 0 spiro atoms. The Morgan fingerprint density at radius 3 is 2.62 bits per heavy atom. The summed E-state index contributed by atoms with van der Waals surface area (Å²) in [4.78, 5) is 12.1. The highest BCUT2D eigenvalue weighted by Crippen LogP contribution is 2.19. The molecule has 1 aromatic heterocycles. The van der Waals surface area contributed by atoms with E-state index in [4.69, 9.17) is 9.47 Å². The van der Waals surface area contributed by atoms with Crippen LogP contribution in [0.2, 0.25) is 0 Å². The van der Waals surface area contributed by atoms with E-state index < -0.39 is 11.8 Å². The summed E-state index contributed by atoms with van der Waals surface area (Å²) in [6.07, 6.45) is 0. The van der Waals surface area contributed by atoms with Crippen LogP contribution in [0.15, 0.2) is 18.2 Å². The fourth-order valence-corrected chi connectivity index (χ4v) is 2.09. The van der Waals surface area contributed by atoms with Crippen LogP contribution in [0.3, 0.4) is 0 Å². The Morgan fingerprint density at radius 2 is 2.10 bits per heavy atom. The van der Waals surface area contributed by atoms with Crippen LogP contribution < -0.4 is 4.74 Å². The molecular formula is C15H17FN2O3. The molecule has 0 amide bonds. The maximum atomic E-state index is 13.6. The van der Waals surface area contributed by atoms with Gasteiger partial charge in [0.25, 0.3) is 0 Å². The lowest BCUT2D eigenvalue weighted by Crippen LogP contribution is -2.08. The van der Waals surface area contributed by atoms with E-state index in [0.717, 1.165) is 5.69 Å². The molecule has 0 aliphatic carbocycles. The summed E-state index contributed by atoms with van der Waals surface area (Å²) in [6.45, 7) is 3.54. The van der Waals surface area contributed by atoms with E-state index in [1.807, 2.05) is 0 Å². The molecule has 0 unspecified atom stereocenters. The molecule has 0 radical (unpaired) electrons. The molecular weight excluding hydrogens is 275 g/mol. The Bertz CT molecular complexity index is 680. The smallest absolute Gasteiger partial charge is 0.342 e. The van der Waals surface area contributed by atoms with Crippen LogP contribution >= 0.6 is 0 Å². The van der Waals surface area contributed by atoms with Crippen molar-refractivity contribution in [3.8, 4) is 5.75 Å². The van der Waals surface area contributed by atoms with E-state index >= 15 is 0 Å². The van der Waals surface area contributed by atoms with Crippen molar-refractivity contribution in [2.45, 2.75) is 20.5 Å². The number of aryl methyl sites for hydroxylation is 2. The Labute approximate surface area is 122 Å². The van der Waals surface area contributed by atoms with Crippen LogP contribution in [0.25, 0.3) is 0 Å². The van der Waals surface area contributed by atoms with Crippen LogP contribution in [-0.4, -0.2) is 22.9 Å². The largest absolute Gasteiger partial charge is 0.494 e. The average Bonchev–Trinajstić information content (AvgIpc) is 2.70. The molecule has 0 atom stereocenters. The molecule has 0 saturated heterocycles. The van der Waals surface area contributed by atoms with Crippen molar-refractivity contribution in [3.05, 3.63) is 46.5 Å². The van der Waals surface area contributed by atoms with Gasteiger partial charge in [0.2, 0.25) is 0 Å². The minimum absolute atomic E-state index is 0.00643. The van der Waals surface area contributed by atoms with E-state index in [0.29, 0.717) is 16.8 Å². The SMILES string of the molecule is COc1ccc(COC(=O)c2c(C)nn(C)c2C)cc1F. The number of halogens is 1. The molecule has 0 saturated carbocycles. The number of methoxy groups -OCH3 is 1. The molecule has 21 heavy (non-hydrogen) atoms. The molecule has 6 heteroatoms. The first-order valence-corrected chi connectivity index (χ1v) is 6.43. The van der Waals surface area contributed by atoms with Crippen molar-refractivity contribution in [1.29, 1.82) is 0 Å². The molecule has 1 aromatic carbocycles. The summed E-state index contributed by atoms with van der Waals surface area (Å²) in [7, 11) is 3.16. The van der Waals surface area contributed by atoms with Gasteiger partial charge < -0.3 is 9.47 Å². The number of hydrogen-bond acceptors (Lipinski definition) is 4. The summed E-state index contributed by atoms with van der Waals surface area (Å²) in [5, 5.41) is 4.16. The summed E-state index contributed by atoms with van der Waals surface area (Å²) in [5.74, 6) is -0.793. The van der Waals surface area contributed by atoms with Gasteiger partial charge in [0.1, 0.15) is 12.2 Å². The van der Waals surface area contributed by atoms with E-state index in [2.05, 4.69) is 5.10 Å². The zero-order valence-corrected chi connectivity index (χ0v) is 12.4. The molecule has 112 valence electrons. The van der Waals surface area contributed by atoms with Gasteiger partial charge in [-0.3, -0.25) is 4.68 Å². The zero-order chi connectivity index (χ0) is 15.6. The van der Waals surface area contributed by atoms with E-state index in [1.54, 1.807) is 31.6 Å². The number of aromatic nitrogens is 2. The quantitative estimate of drug-likeness (QED) is 0.813. The lowest BCUT2D eigenvalue weighted by atomic mass is 10.2. The third-order valence-corrected chi connectivity index (χ3v) is 3.30. The number of carbonyl (C=O) groups is 1. The van der Waals surface area contributed by atoms with Gasteiger partial charge in [0.15, 0.2) is 11.6 Å². The summed E-state index contributed by atoms with van der Waals surface area (Å²) >= 11 is 0. The highest BCUT2D eigenvalue weighted by atomic mass is 19.1. The number of esters is 1. The van der Waals surface area contributed by atoms with Gasteiger partial charge in [-0.25, -0.2) is 9.18 Å². The molecule has 0 aliphatic rings. The zero-order valence-electron chi connectivity index (χ0n) is 12.4. The summed E-state index contributed by atoms with van der Waals surface area (Å²) in [6, 6.07) is 4.44. The Hall–Kier alpha value is -2.37. The van der Waals surface area contributed by atoms with Crippen LogP contribution in [0.1, 0.15) is 27.3 Å². The Morgan fingerprint density at radius 1 is 1.38 bits per heavy atom. The first-order valence-electron chi connectivity index (χ1n) is 6.43. The first kappa shape index (κ1) is 15.0. The molecule has 2 aromatic rings. The molecule has 0 fully saturated rings. The number of nitrogens with zero attached hydrogens (tertiary/aromatic N) is 2. The highest BCUT2D eigenvalue weighted by molar-refractivity contribution is 5.91. The minimum Gasteiger partial charge on any atom is -0.494 e. The first-order chi connectivity index (χ1) is 9.93. The predicted octanol–water partition coefficient (Wildman–Crippen LogP) is 2.54. The fraction of sp³-hybridized carbons (Fsp3) is 0.333. The average molecular weight is 292 g/mol. The van der Waals surface area contributed by atoms with Crippen LogP contribution in [0, 0.1) is 19.7 Å². The molecule has 0 bridgehead atoms. The third kappa shape index (κ3) is 3.04. The van der Waals surface area contributed by atoms with Crippen LogP contribution in [0.5, 0.6) is 5.75 Å². The lowest BCUT2D eigenvalue weighted by molar-refractivity contribution is 0.0470. The van der Waals surface area contributed by atoms with Crippen LogP contribution in [0.4, 0.5) is 4.39 Å². The molecule has 5 nitrogen and oxygen atoms in total. The highest BCUT2D eigenvalue weighted by Gasteiger charge is 2.18. The fourth-order valence-electron chi connectivity index (χ4n) is 2.09. The van der Waals surface area contributed by atoms with Gasteiger partial charge >= 0.3 is 5.97 Å². The summed E-state index contributed by atoms with van der Waals surface area (Å²) in [5.41, 5.74) is 2.35. The second-order valence-electron chi connectivity index (χ2n) is 4.71. The number of benzene rings is 1. The summed E-state index contributed by atoms with van der Waals surface area (Å²) < 4.78 is 25.2. The molecule has 0 aliphatic heterocycles. The second kappa shape index (κ2) is 5.95. The van der Waals surface area contributed by atoms with E-state index in [9.17, 15) is 9.18 Å². The normalized spacial score (nSPS) is 10.5. The van der Waals surface area contributed by atoms with Crippen molar-refractivity contribution < 1.29 is 18.7 Å². The van der Waals surface area contributed by atoms with Gasteiger partial charge in [-0.2, -0.15) is 5.10 Å². The monoisotopic (exact) mass is 292 g/mol. The Kier molecular flexibility index (Phi) is 4.26. The number of ether oxygens (including phenoxy) is 2. The van der Waals surface area contributed by atoms with Gasteiger partial charge in [-0.15, -0.1) is 0 Å². The van der Waals surface area contributed by atoms with Crippen molar-refractivity contribution in [1.82, 2.24) is 9.78 Å². The molecule has 2 rings (SSSR count). The van der Waals surface area contributed by atoms with Crippen molar-refractivity contribution in [2.75, 3.05) is 7.11 Å². The van der Waals surface area contributed by atoms with Gasteiger partial charge in [0.05, 0.1) is 12.8 Å². The number of carbonyl (C=O) groups excluding carboxylic acids is 1. The minimum atomic E-state index is -0.486. The standard InChI is InChI=1S/C15H17FN2O3/c1-9-14(10(2)18(3)17-9)15(19)21-8-11-5-6-13(20-4)12(16)7-11/h5-7H,8H2,1-4H3. The van der Waals surface area contributed by atoms with E-state index in [-0.39, 0.29) is 12.4 Å². The van der Waals surface area contributed by atoms with Crippen molar-refractivity contribution >= 4 is 5.97 Å². The molecule has 1 heterocycles. The topological polar surface area (TPSA) is 53.4 Å². The number of hydrogen-bond donors (Lipinski definition) is 0. The van der Waals surface area contributed by atoms with Crippen LogP contribution in [-0.2, 0) is 18.4 Å². The third-order valence-electron chi connectivity index (χ3n) is 3.30. The molecule has 0 N–H and O–H groups in total. The van der Waals surface area contributed by atoms with E-state index in [1.165, 1.54) is 19.2 Å². The number of rotatable bonds is 4. The predicted molar refractivity (Wildman–Crippen MR) is 74.8 cm³/mol. The van der Waals surface area contributed by atoms with Gasteiger partial charge in [0, 0.05) is 12.7 Å². The lowest BCUT2D eigenvalue weighted by Gasteiger charge is -2.07. The maximum Gasteiger partial charge on any atom is 0.342 e. The van der Waals surface area contributed by atoms with Crippen molar-refractivity contribution in [2.24, 2.45) is 7.05 Å². The van der Waals surface area contributed by atoms with Gasteiger partial charge in [-0.05, 0) is 31.5 Å². The maximum absolute atomic E-state index is 13.6. The second-order valence-corrected chi connectivity index (χ2v) is 4.71. The van der Waals surface area contributed by atoms with Gasteiger partial charge in [-0.1, -0.05) is 6.07 Å². The Balaban J connectivity index is 2.09. The van der Waals surface area contributed by atoms with Crippen molar-refractivity contribution in [3.63, 3.8) is 0 Å².